The Morgan fingerprint density at radius 1 is 1.44 bits per heavy atom. The average Bonchev–Trinajstić information content (AvgIpc) is 2.87. The minimum absolute atomic E-state index is 0.446. The third kappa shape index (κ3) is 2.52. The van der Waals surface area contributed by atoms with E-state index < -0.39 is 5.54 Å². The zero-order valence-corrected chi connectivity index (χ0v) is 10.6. The molecule has 1 fully saturated rings. The largest absolute Gasteiger partial charge is 0.333 e. The van der Waals surface area contributed by atoms with Gasteiger partial charge in [0.15, 0.2) is 0 Å². The molecule has 2 N–H and O–H groups in total. The molecule has 0 aliphatic heterocycles. The Morgan fingerprint density at radius 3 is 2.89 bits per heavy atom. The second-order valence-corrected chi connectivity index (χ2v) is 4.88. The second kappa shape index (κ2) is 5.94. The molecule has 0 spiro atoms. The summed E-state index contributed by atoms with van der Waals surface area (Å²) in [5.74, 6) is 0.902. The molecule has 0 amide bonds. The van der Waals surface area contributed by atoms with Crippen molar-refractivity contribution in [3.8, 4) is 0 Å². The fourth-order valence-corrected chi connectivity index (χ4v) is 2.77. The van der Waals surface area contributed by atoms with E-state index in [1.54, 1.807) is 12.3 Å². The predicted octanol–water partition coefficient (Wildman–Crippen LogP) is 1.73. The van der Waals surface area contributed by atoms with Crippen LogP contribution in [0.5, 0.6) is 0 Å². The SMILES string of the molecule is NCCCn1ccnc1C1(N=C=O)CCCCC1. The lowest BCUT2D eigenvalue weighted by molar-refractivity contribution is 0.279. The highest BCUT2D eigenvalue weighted by Crippen LogP contribution is 2.39. The van der Waals surface area contributed by atoms with Gasteiger partial charge in [0.25, 0.3) is 0 Å². The summed E-state index contributed by atoms with van der Waals surface area (Å²) in [7, 11) is 0. The van der Waals surface area contributed by atoms with Gasteiger partial charge in [-0.3, -0.25) is 0 Å². The van der Waals surface area contributed by atoms with E-state index in [4.69, 9.17) is 5.73 Å². The summed E-state index contributed by atoms with van der Waals surface area (Å²) in [6.07, 6.45) is 11.6. The maximum atomic E-state index is 10.8. The standard InChI is InChI=1S/C13H20N4O/c14-7-4-9-17-10-8-15-12(17)13(16-11-18)5-2-1-3-6-13/h8,10H,1-7,9,14H2. The maximum absolute atomic E-state index is 10.8. The average molecular weight is 248 g/mol. The minimum atomic E-state index is -0.446. The van der Waals surface area contributed by atoms with Crippen LogP contribution in [-0.2, 0) is 16.9 Å². The first-order valence-electron chi connectivity index (χ1n) is 6.63. The lowest BCUT2D eigenvalue weighted by atomic mass is 9.81. The van der Waals surface area contributed by atoms with E-state index in [1.807, 2.05) is 6.20 Å². The highest BCUT2D eigenvalue weighted by Gasteiger charge is 2.37. The number of aliphatic imine (C=N–C) groups is 1. The summed E-state index contributed by atoms with van der Waals surface area (Å²) < 4.78 is 2.08. The summed E-state index contributed by atoms with van der Waals surface area (Å²) in [6, 6.07) is 0. The summed E-state index contributed by atoms with van der Waals surface area (Å²) in [4.78, 5) is 19.3. The van der Waals surface area contributed by atoms with Crippen LogP contribution in [0.25, 0.3) is 0 Å². The van der Waals surface area contributed by atoms with Crippen LogP contribution in [-0.4, -0.2) is 22.2 Å². The summed E-state index contributed by atoms with van der Waals surface area (Å²) in [5, 5.41) is 0. The van der Waals surface area contributed by atoms with Crippen molar-refractivity contribution < 1.29 is 4.79 Å². The number of carbonyl (C=O) groups excluding carboxylic acids is 1. The smallest absolute Gasteiger partial charge is 0.235 e. The maximum Gasteiger partial charge on any atom is 0.235 e. The number of isocyanates is 1. The van der Waals surface area contributed by atoms with Crippen LogP contribution in [0.3, 0.4) is 0 Å². The van der Waals surface area contributed by atoms with Crippen LogP contribution in [0.15, 0.2) is 17.4 Å². The first kappa shape index (κ1) is 13.0. The van der Waals surface area contributed by atoms with Gasteiger partial charge in [-0.15, -0.1) is 0 Å². The molecule has 0 bridgehead atoms. The van der Waals surface area contributed by atoms with Crippen LogP contribution in [0.1, 0.15) is 44.3 Å². The van der Waals surface area contributed by atoms with E-state index in [-0.39, 0.29) is 0 Å². The number of aryl methyl sites for hydroxylation is 1. The van der Waals surface area contributed by atoms with E-state index in [0.29, 0.717) is 6.54 Å². The van der Waals surface area contributed by atoms with Crippen molar-refractivity contribution in [2.75, 3.05) is 6.54 Å². The van der Waals surface area contributed by atoms with Gasteiger partial charge >= 0.3 is 0 Å². The topological polar surface area (TPSA) is 73.3 Å². The molecule has 2 rings (SSSR count). The Bertz CT molecular complexity index is 428. The molecule has 1 heterocycles. The first-order chi connectivity index (χ1) is 8.82. The number of aromatic nitrogens is 2. The molecule has 1 aromatic heterocycles. The van der Waals surface area contributed by atoms with Gasteiger partial charge in [-0.25, -0.2) is 9.78 Å². The molecule has 0 unspecified atom stereocenters. The minimum Gasteiger partial charge on any atom is -0.333 e. The van der Waals surface area contributed by atoms with Crippen molar-refractivity contribution >= 4 is 6.08 Å². The normalized spacial score (nSPS) is 18.3. The van der Waals surface area contributed by atoms with E-state index in [1.165, 1.54) is 6.42 Å². The van der Waals surface area contributed by atoms with Crippen LogP contribution < -0.4 is 5.73 Å². The van der Waals surface area contributed by atoms with Crippen molar-refractivity contribution in [1.82, 2.24) is 9.55 Å². The molecule has 0 saturated heterocycles. The quantitative estimate of drug-likeness (QED) is 0.637. The summed E-state index contributed by atoms with van der Waals surface area (Å²) in [6.45, 7) is 1.49. The molecule has 1 aliphatic rings. The van der Waals surface area contributed by atoms with E-state index in [0.717, 1.165) is 44.5 Å². The summed E-state index contributed by atoms with van der Waals surface area (Å²) in [5.41, 5.74) is 5.10. The number of nitrogens with zero attached hydrogens (tertiary/aromatic N) is 3. The van der Waals surface area contributed by atoms with E-state index in [9.17, 15) is 4.79 Å². The Hall–Kier alpha value is -1.45. The molecule has 1 aromatic rings. The lowest BCUT2D eigenvalue weighted by Crippen LogP contribution is -2.30. The molecule has 0 radical (unpaired) electrons. The van der Waals surface area contributed by atoms with Crippen LogP contribution in [0.2, 0.25) is 0 Å². The van der Waals surface area contributed by atoms with Gasteiger partial charge in [0.05, 0.1) is 0 Å². The highest BCUT2D eigenvalue weighted by atomic mass is 16.1. The molecule has 0 aromatic carbocycles. The van der Waals surface area contributed by atoms with Crippen molar-refractivity contribution in [1.29, 1.82) is 0 Å². The van der Waals surface area contributed by atoms with Gasteiger partial charge in [-0.05, 0) is 25.8 Å². The monoisotopic (exact) mass is 248 g/mol. The van der Waals surface area contributed by atoms with Crippen LogP contribution >= 0.6 is 0 Å². The van der Waals surface area contributed by atoms with Gasteiger partial charge < -0.3 is 10.3 Å². The number of hydrogen-bond donors (Lipinski definition) is 1. The lowest BCUT2D eigenvalue weighted by Gasteiger charge is -2.31. The van der Waals surface area contributed by atoms with Crippen molar-refractivity contribution in [2.45, 2.75) is 50.6 Å². The van der Waals surface area contributed by atoms with Crippen molar-refractivity contribution in [3.63, 3.8) is 0 Å². The third-order valence-electron chi connectivity index (χ3n) is 3.68. The molecular weight excluding hydrogens is 228 g/mol. The Balaban J connectivity index is 2.30. The van der Waals surface area contributed by atoms with Gasteiger partial charge in [0.1, 0.15) is 11.4 Å². The van der Waals surface area contributed by atoms with E-state index in [2.05, 4.69) is 14.5 Å². The molecular formula is C13H20N4O. The fraction of sp³-hybridized carbons (Fsp3) is 0.692. The molecule has 18 heavy (non-hydrogen) atoms. The molecule has 5 nitrogen and oxygen atoms in total. The number of imidazole rings is 1. The Kier molecular flexibility index (Phi) is 4.28. The van der Waals surface area contributed by atoms with Crippen LogP contribution in [0.4, 0.5) is 0 Å². The molecule has 0 atom stereocenters. The summed E-state index contributed by atoms with van der Waals surface area (Å²) >= 11 is 0. The first-order valence-corrected chi connectivity index (χ1v) is 6.63. The second-order valence-electron chi connectivity index (χ2n) is 4.88. The number of hydrogen-bond acceptors (Lipinski definition) is 4. The third-order valence-corrected chi connectivity index (χ3v) is 3.68. The molecule has 1 saturated carbocycles. The van der Waals surface area contributed by atoms with Crippen LogP contribution in [0, 0.1) is 0 Å². The Labute approximate surface area is 107 Å². The zero-order valence-electron chi connectivity index (χ0n) is 10.6. The van der Waals surface area contributed by atoms with Gasteiger partial charge in [0, 0.05) is 18.9 Å². The van der Waals surface area contributed by atoms with Crippen molar-refractivity contribution in [3.05, 3.63) is 18.2 Å². The molecule has 5 heteroatoms. The predicted molar refractivity (Wildman–Crippen MR) is 68.8 cm³/mol. The highest BCUT2D eigenvalue weighted by molar-refractivity contribution is 5.36. The van der Waals surface area contributed by atoms with E-state index >= 15 is 0 Å². The fourth-order valence-electron chi connectivity index (χ4n) is 2.77. The zero-order chi connectivity index (χ0) is 12.8. The number of nitrogens with two attached hydrogens (primary N) is 1. The van der Waals surface area contributed by atoms with Crippen molar-refractivity contribution in [2.24, 2.45) is 10.7 Å². The van der Waals surface area contributed by atoms with Gasteiger partial charge in [-0.1, -0.05) is 19.3 Å². The molecule has 98 valence electrons. The number of rotatable bonds is 5. The van der Waals surface area contributed by atoms with Gasteiger partial charge in [-0.2, -0.15) is 4.99 Å². The van der Waals surface area contributed by atoms with Gasteiger partial charge in [0.2, 0.25) is 6.08 Å². The Morgan fingerprint density at radius 2 is 2.22 bits per heavy atom. The molecule has 1 aliphatic carbocycles.